The van der Waals surface area contributed by atoms with Crippen LogP contribution in [0.1, 0.15) is 30.0 Å². The molecule has 1 atom stereocenters. The van der Waals surface area contributed by atoms with E-state index in [9.17, 15) is 18.0 Å². The first-order valence-corrected chi connectivity index (χ1v) is 17.0. The molecular weight excluding hydrogens is 653 g/mol. The molecule has 4 aromatic carbocycles. The molecule has 4 rings (SSSR count). The predicted octanol–water partition coefficient (Wildman–Crippen LogP) is 7.32. The van der Waals surface area contributed by atoms with Gasteiger partial charge in [0.05, 0.1) is 15.6 Å². The minimum Gasteiger partial charge on any atom is -0.354 e. The number of carbonyl (C=O) groups excluding carboxylic acids is 2. The van der Waals surface area contributed by atoms with E-state index in [1.165, 1.54) is 23.1 Å². The SMILES string of the molecule is CCCNC(=O)C(Cc1ccccc1)N(Cc1ccc(Cl)cc1Cl)C(=O)CN(c1ccccc1Cl)S(=O)(=O)c1ccc(C)cc1. The molecule has 1 unspecified atom stereocenters. The molecule has 0 spiro atoms. The fourth-order valence-corrected chi connectivity index (χ4v) is 6.95. The van der Waals surface area contributed by atoms with E-state index in [4.69, 9.17) is 34.8 Å². The molecule has 0 bridgehead atoms. The van der Waals surface area contributed by atoms with E-state index >= 15 is 0 Å². The van der Waals surface area contributed by atoms with Crippen molar-refractivity contribution in [2.45, 2.75) is 44.2 Å². The van der Waals surface area contributed by atoms with Crippen LogP contribution in [0.3, 0.4) is 0 Å². The number of amides is 2. The van der Waals surface area contributed by atoms with Gasteiger partial charge in [-0.3, -0.25) is 13.9 Å². The summed E-state index contributed by atoms with van der Waals surface area (Å²) in [4.78, 5) is 29.6. The number of sulfonamides is 1. The second kappa shape index (κ2) is 15.6. The van der Waals surface area contributed by atoms with Crippen molar-refractivity contribution in [3.8, 4) is 0 Å². The lowest BCUT2D eigenvalue weighted by molar-refractivity contribution is -0.140. The molecule has 0 aliphatic rings. The van der Waals surface area contributed by atoms with Crippen molar-refractivity contribution < 1.29 is 18.0 Å². The number of nitrogens with one attached hydrogen (secondary N) is 1. The monoisotopic (exact) mass is 685 g/mol. The number of para-hydroxylation sites is 1. The summed E-state index contributed by atoms with van der Waals surface area (Å²) in [5.41, 5.74) is 2.38. The van der Waals surface area contributed by atoms with Crippen molar-refractivity contribution in [1.82, 2.24) is 10.2 Å². The molecule has 0 aliphatic carbocycles. The first-order valence-electron chi connectivity index (χ1n) is 14.4. The van der Waals surface area contributed by atoms with Gasteiger partial charge >= 0.3 is 0 Å². The predicted molar refractivity (Wildman–Crippen MR) is 181 cm³/mol. The lowest BCUT2D eigenvalue weighted by Crippen LogP contribution is -2.53. The summed E-state index contributed by atoms with van der Waals surface area (Å²) in [6.45, 7) is 3.48. The Bertz CT molecular complexity index is 1740. The average Bonchev–Trinajstić information content (AvgIpc) is 3.02. The maximum absolute atomic E-state index is 14.5. The van der Waals surface area contributed by atoms with E-state index < -0.39 is 28.5 Å². The van der Waals surface area contributed by atoms with Crippen LogP contribution in [0.25, 0.3) is 0 Å². The first-order chi connectivity index (χ1) is 21.5. The van der Waals surface area contributed by atoms with Crippen LogP contribution < -0.4 is 9.62 Å². The summed E-state index contributed by atoms with van der Waals surface area (Å²) in [7, 11) is -4.27. The quantitative estimate of drug-likeness (QED) is 0.160. The molecule has 0 saturated carbocycles. The number of hydrogen-bond donors (Lipinski definition) is 1. The van der Waals surface area contributed by atoms with Crippen LogP contribution in [0.2, 0.25) is 15.1 Å². The van der Waals surface area contributed by atoms with Crippen molar-refractivity contribution in [1.29, 1.82) is 0 Å². The maximum atomic E-state index is 14.5. The highest BCUT2D eigenvalue weighted by molar-refractivity contribution is 7.92. The minimum atomic E-state index is -4.27. The third-order valence-corrected chi connectivity index (χ3v) is 9.87. The van der Waals surface area contributed by atoms with Gasteiger partial charge in [-0.2, -0.15) is 0 Å². The van der Waals surface area contributed by atoms with E-state index in [1.807, 2.05) is 44.2 Å². The fraction of sp³-hybridized carbons (Fsp3) is 0.235. The minimum absolute atomic E-state index is 0.00496. The first kappa shape index (κ1) is 34.3. The Kier molecular flexibility index (Phi) is 11.9. The van der Waals surface area contributed by atoms with Gasteiger partial charge in [0.2, 0.25) is 11.8 Å². The number of nitrogens with zero attached hydrogens (tertiary/aromatic N) is 2. The largest absolute Gasteiger partial charge is 0.354 e. The van der Waals surface area contributed by atoms with Gasteiger partial charge in [-0.1, -0.05) is 108 Å². The number of hydrogen-bond acceptors (Lipinski definition) is 4. The summed E-state index contributed by atoms with van der Waals surface area (Å²) in [6.07, 6.45) is 0.875. The van der Waals surface area contributed by atoms with Gasteiger partial charge in [0.1, 0.15) is 12.6 Å². The highest BCUT2D eigenvalue weighted by Gasteiger charge is 2.35. The fourth-order valence-electron chi connectivity index (χ4n) is 4.76. The maximum Gasteiger partial charge on any atom is 0.264 e. The zero-order chi connectivity index (χ0) is 32.6. The van der Waals surface area contributed by atoms with Crippen molar-refractivity contribution in [2.24, 2.45) is 0 Å². The lowest BCUT2D eigenvalue weighted by atomic mass is 10.0. The van der Waals surface area contributed by atoms with E-state index in [0.29, 0.717) is 28.6 Å². The topological polar surface area (TPSA) is 86.8 Å². The van der Waals surface area contributed by atoms with Gasteiger partial charge < -0.3 is 10.2 Å². The molecule has 0 radical (unpaired) electrons. The summed E-state index contributed by atoms with van der Waals surface area (Å²) in [6, 6.07) is 26.0. The van der Waals surface area contributed by atoms with E-state index in [2.05, 4.69) is 5.32 Å². The molecule has 0 aromatic heterocycles. The van der Waals surface area contributed by atoms with Crippen LogP contribution in [0.5, 0.6) is 0 Å². The Morgan fingerprint density at radius 3 is 2.16 bits per heavy atom. The number of rotatable bonds is 13. The van der Waals surface area contributed by atoms with Crippen molar-refractivity contribution in [3.05, 3.63) is 129 Å². The van der Waals surface area contributed by atoms with Crippen LogP contribution in [0.15, 0.2) is 102 Å². The summed E-state index contributed by atoms with van der Waals surface area (Å²) in [5.74, 6) is -0.992. The van der Waals surface area contributed by atoms with Crippen molar-refractivity contribution in [2.75, 3.05) is 17.4 Å². The van der Waals surface area contributed by atoms with Gasteiger partial charge in [-0.05, 0) is 60.9 Å². The highest BCUT2D eigenvalue weighted by atomic mass is 35.5. The number of aryl methyl sites for hydroxylation is 1. The van der Waals surface area contributed by atoms with Crippen LogP contribution in [0.4, 0.5) is 5.69 Å². The molecule has 0 fully saturated rings. The standard InChI is InChI=1S/C34H34Cl3N3O4S/c1-3-19-38-34(42)32(20-25-9-5-4-6-10-25)39(22-26-15-16-27(35)21-30(26)37)33(41)23-40(31-12-8-7-11-29(31)36)45(43,44)28-17-13-24(2)14-18-28/h4-18,21,32H,3,19-20,22-23H2,1-2H3,(H,38,42). The van der Waals surface area contributed by atoms with Gasteiger partial charge in [-0.15, -0.1) is 0 Å². The Labute approximate surface area is 279 Å². The molecule has 0 saturated heterocycles. The molecule has 45 heavy (non-hydrogen) atoms. The normalized spacial score (nSPS) is 11.9. The molecule has 0 heterocycles. The number of anilines is 1. The van der Waals surface area contributed by atoms with Gasteiger partial charge in [0, 0.05) is 29.6 Å². The molecule has 0 aliphatic heterocycles. The van der Waals surface area contributed by atoms with Crippen molar-refractivity contribution >= 4 is 62.3 Å². The molecule has 2 amide bonds. The van der Waals surface area contributed by atoms with Gasteiger partial charge in [0.25, 0.3) is 10.0 Å². The summed E-state index contributed by atoms with van der Waals surface area (Å²) >= 11 is 19.2. The Morgan fingerprint density at radius 1 is 0.844 bits per heavy atom. The average molecular weight is 687 g/mol. The Hall–Kier alpha value is -3.56. The second-order valence-electron chi connectivity index (χ2n) is 10.5. The Balaban J connectivity index is 1.82. The second-order valence-corrected chi connectivity index (χ2v) is 13.6. The third-order valence-electron chi connectivity index (χ3n) is 7.19. The molecule has 11 heteroatoms. The van der Waals surface area contributed by atoms with Gasteiger partial charge in [0.15, 0.2) is 0 Å². The van der Waals surface area contributed by atoms with Crippen molar-refractivity contribution in [3.63, 3.8) is 0 Å². The summed E-state index contributed by atoms with van der Waals surface area (Å²) in [5, 5.41) is 3.78. The van der Waals surface area contributed by atoms with Crippen LogP contribution in [0, 0.1) is 6.92 Å². The van der Waals surface area contributed by atoms with Crippen LogP contribution in [-0.4, -0.2) is 44.3 Å². The molecular formula is C34H34Cl3N3O4S. The van der Waals surface area contributed by atoms with Crippen LogP contribution in [-0.2, 0) is 32.6 Å². The summed E-state index contributed by atoms with van der Waals surface area (Å²) < 4.78 is 29.2. The number of halogens is 3. The lowest BCUT2D eigenvalue weighted by Gasteiger charge is -2.34. The number of benzene rings is 4. The molecule has 4 aromatic rings. The highest BCUT2D eigenvalue weighted by Crippen LogP contribution is 2.31. The zero-order valence-corrected chi connectivity index (χ0v) is 28.0. The molecule has 1 N–H and O–H groups in total. The number of carbonyl (C=O) groups is 2. The molecule has 7 nitrogen and oxygen atoms in total. The smallest absolute Gasteiger partial charge is 0.264 e. The molecule has 236 valence electrons. The van der Waals surface area contributed by atoms with E-state index in [0.717, 1.165) is 15.4 Å². The Morgan fingerprint density at radius 2 is 1.51 bits per heavy atom. The van der Waals surface area contributed by atoms with E-state index in [-0.39, 0.29) is 34.5 Å². The third kappa shape index (κ3) is 8.79. The van der Waals surface area contributed by atoms with E-state index in [1.54, 1.807) is 48.5 Å². The zero-order valence-electron chi connectivity index (χ0n) is 24.9. The van der Waals surface area contributed by atoms with Gasteiger partial charge in [-0.25, -0.2) is 8.42 Å². The van der Waals surface area contributed by atoms with Crippen LogP contribution >= 0.6 is 34.8 Å².